The number of amides is 2. The maximum atomic E-state index is 12.0. The van der Waals surface area contributed by atoms with Crippen LogP contribution in [0, 0.1) is 5.92 Å². The van der Waals surface area contributed by atoms with Crippen molar-refractivity contribution in [3.8, 4) is 0 Å². The van der Waals surface area contributed by atoms with Crippen molar-refractivity contribution >= 4 is 29.1 Å². The summed E-state index contributed by atoms with van der Waals surface area (Å²) in [7, 11) is 0. The summed E-state index contributed by atoms with van der Waals surface area (Å²) in [4.78, 5) is 25.0. The SMILES string of the molecule is CC1CN(C(=O)Nc2cccc(Cl)c2)CCC1=O. The summed E-state index contributed by atoms with van der Waals surface area (Å²) in [6, 6.07) is 6.82. The van der Waals surface area contributed by atoms with Crippen LogP contribution in [0.3, 0.4) is 0 Å². The van der Waals surface area contributed by atoms with E-state index < -0.39 is 0 Å². The van der Waals surface area contributed by atoms with E-state index in [2.05, 4.69) is 5.32 Å². The molecular weight excluding hydrogens is 252 g/mol. The topological polar surface area (TPSA) is 49.4 Å². The van der Waals surface area contributed by atoms with Crippen LogP contribution in [0.5, 0.6) is 0 Å². The number of benzene rings is 1. The molecule has 1 fully saturated rings. The standard InChI is InChI=1S/C13H15ClN2O2/c1-9-8-16(6-5-12(9)17)13(18)15-11-4-2-3-10(14)7-11/h2-4,7,9H,5-6,8H2,1H3,(H,15,18). The van der Waals surface area contributed by atoms with Gasteiger partial charge in [-0.05, 0) is 18.2 Å². The minimum atomic E-state index is -0.184. The number of Topliss-reactive ketones (excluding diaryl/α,β-unsaturated/α-hetero) is 1. The van der Waals surface area contributed by atoms with Gasteiger partial charge in [0.2, 0.25) is 0 Å². The molecule has 1 unspecified atom stereocenters. The summed E-state index contributed by atoms with van der Waals surface area (Å²) in [5, 5.41) is 3.36. The quantitative estimate of drug-likeness (QED) is 0.850. The third-order valence-corrected chi connectivity index (χ3v) is 3.27. The Balaban J connectivity index is 1.98. The van der Waals surface area contributed by atoms with Crippen LogP contribution in [0.25, 0.3) is 0 Å². The van der Waals surface area contributed by atoms with Gasteiger partial charge in [-0.1, -0.05) is 24.6 Å². The van der Waals surface area contributed by atoms with Crippen LogP contribution in [-0.2, 0) is 4.79 Å². The van der Waals surface area contributed by atoms with Gasteiger partial charge in [0, 0.05) is 36.1 Å². The molecule has 5 heteroatoms. The number of carbonyl (C=O) groups is 2. The Labute approximate surface area is 111 Å². The number of piperidine rings is 1. The molecule has 1 N–H and O–H groups in total. The number of rotatable bonds is 1. The fraction of sp³-hybridized carbons (Fsp3) is 0.385. The van der Waals surface area contributed by atoms with Crippen molar-refractivity contribution in [2.24, 2.45) is 5.92 Å². The zero-order chi connectivity index (χ0) is 13.1. The lowest BCUT2D eigenvalue weighted by molar-refractivity contribution is -0.124. The molecule has 1 aromatic rings. The Morgan fingerprint density at radius 3 is 2.94 bits per heavy atom. The number of nitrogens with one attached hydrogen (secondary N) is 1. The molecule has 2 amide bonds. The number of halogens is 1. The predicted octanol–water partition coefficient (Wildman–Crippen LogP) is 2.78. The molecule has 0 saturated carbocycles. The van der Waals surface area contributed by atoms with Crippen molar-refractivity contribution in [3.63, 3.8) is 0 Å². The van der Waals surface area contributed by atoms with Gasteiger partial charge in [0.25, 0.3) is 0 Å². The zero-order valence-electron chi connectivity index (χ0n) is 10.1. The van der Waals surface area contributed by atoms with Gasteiger partial charge in [-0.15, -0.1) is 0 Å². The monoisotopic (exact) mass is 266 g/mol. The van der Waals surface area contributed by atoms with E-state index in [9.17, 15) is 9.59 Å². The number of carbonyl (C=O) groups excluding carboxylic acids is 2. The van der Waals surface area contributed by atoms with E-state index in [1.54, 1.807) is 29.2 Å². The molecule has 0 spiro atoms. The summed E-state index contributed by atoms with van der Waals surface area (Å²) < 4.78 is 0. The number of ketones is 1. The highest BCUT2D eigenvalue weighted by molar-refractivity contribution is 6.30. The van der Waals surface area contributed by atoms with Gasteiger partial charge < -0.3 is 10.2 Å². The van der Waals surface area contributed by atoms with E-state index in [1.165, 1.54) is 0 Å². The second-order valence-corrected chi connectivity index (χ2v) is 4.94. The maximum absolute atomic E-state index is 12.0. The Hall–Kier alpha value is -1.55. The Kier molecular flexibility index (Phi) is 3.87. The van der Waals surface area contributed by atoms with Crippen LogP contribution in [0.2, 0.25) is 5.02 Å². The molecule has 0 radical (unpaired) electrons. The van der Waals surface area contributed by atoms with E-state index in [1.807, 2.05) is 6.92 Å². The molecule has 1 aromatic carbocycles. The van der Waals surface area contributed by atoms with Gasteiger partial charge in [-0.3, -0.25) is 4.79 Å². The molecule has 0 aliphatic carbocycles. The number of nitrogens with zero attached hydrogens (tertiary/aromatic N) is 1. The van der Waals surface area contributed by atoms with Gasteiger partial charge in [0.1, 0.15) is 5.78 Å². The van der Waals surface area contributed by atoms with E-state index >= 15 is 0 Å². The third-order valence-electron chi connectivity index (χ3n) is 3.04. The van der Waals surface area contributed by atoms with Crippen LogP contribution < -0.4 is 5.32 Å². The van der Waals surface area contributed by atoms with Gasteiger partial charge in [-0.25, -0.2) is 4.79 Å². The fourth-order valence-electron chi connectivity index (χ4n) is 1.97. The second kappa shape index (κ2) is 5.40. The van der Waals surface area contributed by atoms with E-state index in [-0.39, 0.29) is 17.7 Å². The van der Waals surface area contributed by atoms with Crippen LogP contribution >= 0.6 is 11.6 Å². The molecular formula is C13H15ClN2O2. The number of hydrogen-bond donors (Lipinski definition) is 1. The Morgan fingerprint density at radius 1 is 1.50 bits per heavy atom. The van der Waals surface area contributed by atoms with Crippen molar-refractivity contribution in [2.75, 3.05) is 18.4 Å². The first-order valence-corrected chi connectivity index (χ1v) is 6.28. The predicted molar refractivity (Wildman–Crippen MR) is 70.8 cm³/mol. The molecule has 18 heavy (non-hydrogen) atoms. The number of hydrogen-bond acceptors (Lipinski definition) is 2. The average Bonchev–Trinajstić information content (AvgIpc) is 2.32. The van der Waals surface area contributed by atoms with Crippen molar-refractivity contribution in [3.05, 3.63) is 29.3 Å². The number of likely N-dealkylation sites (tertiary alicyclic amines) is 1. The lowest BCUT2D eigenvalue weighted by atomic mass is 9.99. The minimum Gasteiger partial charge on any atom is -0.323 e. The summed E-state index contributed by atoms with van der Waals surface area (Å²) in [5.41, 5.74) is 0.664. The van der Waals surface area contributed by atoms with Gasteiger partial charge in [-0.2, -0.15) is 0 Å². The van der Waals surface area contributed by atoms with E-state index in [0.717, 1.165) is 0 Å². The largest absolute Gasteiger partial charge is 0.323 e. The molecule has 1 saturated heterocycles. The number of urea groups is 1. The highest BCUT2D eigenvalue weighted by Crippen LogP contribution is 2.17. The molecule has 1 aliphatic rings. The molecule has 96 valence electrons. The first kappa shape index (κ1) is 12.9. The smallest absolute Gasteiger partial charge is 0.321 e. The van der Waals surface area contributed by atoms with Gasteiger partial charge >= 0.3 is 6.03 Å². The van der Waals surface area contributed by atoms with Gasteiger partial charge in [0.05, 0.1) is 0 Å². The summed E-state index contributed by atoms with van der Waals surface area (Å²) in [6.07, 6.45) is 0.435. The van der Waals surface area contributed by atoms with E-state index in [4.69, 9.17) is 11.6 Å². The molecule has 0 bridgehead atoms. The molecule has 0 aromatic heterocycles. The summed E-state index contributed by atoms with van der Waals surface area (Å²) >= 11 is 5.85. The Bertz CT molecular complexity index is 476. The van der Waals surface area contributed by atoms with Crippen LogP contribution in [0.4, 0.5) is 10.5 Å². The number of anilines is 1. The lowest BCUT2D eigenvalue weighted by Gasteiger charge is -2.30. The fourth-order valence-corrected chi connectivity index (χ4v) is 2.16. The molecule has 1 atom stereocenters. The summed E-state index contributed by atoms with van der Waals surface area (Å²) in [6.45, 7) is 2.81. The normalized spacial score (nSPS) is 19.8. The highest BCUT2D eigenvalue weighted by Gasteiger charge is 2.26. The first-order valence-electron chi connectivity index (χ1n) is 5.90. The Morgan fingerprint density at radius 2 is 2.28 bits per heavy atom. The van der Waals surface area contributed by atoms with Crippen molar-refractivity contribution in [1.29, 1.82) is 0 Å². The second-order valence-electron chi connectivity index (χ2n) is 4.50. The molecule has 2 rings (SSSR count). The summed E-state index contributed by atoms with van der Waals surface area (Å²) in [5.74, 6) is 0.144. The van der Waals surface area contributed by atoms with Crippen LogP contribution in [0.1, 0.15) is 13.3 Å². The average molecular weight is 267 g/mol. The first-order chi connectivity index (χ1) is 8.56. The molecule has 4 nitrogen and oxygen atoms in total. The van der Waals surface area contributed by atoms with E-state index in [0.29, 0.717) is 30.2 Å². The molecule has 1 heterocycles. The van der Waals surface area contributed by atoms with Gasteiger partial charge in [0.15, 0.2) is 0 Å². The third kappa shape index (κ3) is 3.01. The van der Waals surface area contributed by atoms with Crippen LogP contribution in [0.15, 0.2) is 24.3 Å². The van der Waals surface area contributed by atoms with Crippen LogP contribution in [-0.4, -0.2) is 29.8 Å². The minimum absolute atomic E-state index is 0.0798. The lowest BCUT2D eigenvalue weighted by Crippen LogP contribution is -2.45. The molecule has 1 aliphatic heterocycles. The maximum Gasteiger partial charge on any atom is 0.321 e. The highest BCUT2D eigenvalue weighted by atomic mass is 35.5. The zero-order valence-corrected chi connectivity index (χ0v) is 10.9. The van der Waals surface area contributed by atoms with Crippen molar-refractivity contribution in [2.45, 2.75) is 13.3 Å². The van der Waals surface area contributed by atoms with Crippen molar-refractivity contribution < 1.29 is 9.59 Å². The van der Waals surface area contributed by atoms with Crippen molar-refractivity contribution in [1.82, 2.24) is 4.90 Å².